The van der Waals surface area contributed by atoms with Gasteiger partial charge in [-0.25, -0.2) is 4.99 Å². The van der Waals surface area contributed by atoms with E-state index in [1.54, 1.807) is 6.33 Å². The van der Waals surface area contributed by atoms with Crippen LogP contribution in [0.25, 0.3) is 0 Å². The minimum atomic E-state index is 0.350. The molecule has 0 bridgehead atoms. The average Bonchev–Trinajstić information content (AvgIpc) is 3.07. The second kappa shape index (κ2) is 9.81. The quantitative estimate of drug-likeness (QED) is 0.572. The lowest BCUT2D eigenvalue weighted by molar-refractivity contribution is 0.479. The molecule has 136 valence electrons. The Balaban J connectivity index is 1.96. The summed E-state index contributed by atoms with van der Waals surface area (Å²) in [6.45, 7) is 10.9. The highest BCUT2D eigenvalue weighted by Crippen LogP contribution is 2.02. The lowest BCUT2D eigenvalue weighted by Crippen LogP contribution is -2.45. The molecule has 0 aliphatic rings. The van der Waals surface area contributed by atoms with Gasteiger partial charge in [-0.1, -0.05) is 51.1 Å². The van der Waals surface area contributed by atoms with E-state index in [4.69, 9.17) is 4.99 Å². The molecule has 1 heterocycles. The topological polar surface area (TPSA) is 67.1 Å². The van der Waals surface area contributed by atoms with Crippen LogP contribution in [0.4, 0.5) is 0 Å². The third-order valence-corrected chi connectivity index (χ3v) is 4.28. The first kappa shape index (κ1) is 19.0. The molecule has 1 atom stereocenters. The normalized spacial score (nSPS) is 13.1. The van der Waals surface area contributed by atoms with E-state index in [2.05, 4.69) is 65.2 Å². The number of aryl methyl sites for hydroxylation is 1. The van der Waals surface area contributed by atoms with Gasteiger partial charge in [0.1, 0.15) is 12.2 Å². The molecule has 1 aromatic heterocycles. The minimum absolute atomic E-state index is 0.350. The van der Waals surface area contributed by atoms with Gasteiger partial charge in [0.05, 0.1) is 6.54 Å². The fourth-order valence-corrected chi connectivity index (χ4v) is 2.32. The number of nitrogens with one attached hydrogen (secondary N) is 2. The third kappa shape index (κ3) is 6.21. The van der Waals surface area contributed by atoms with Crippen molar-refractivity contribution < 1.29 is 0 Å². The summed E-state index contributed by atoms with van der Waals surface area (Å²) in [5, 5.41) is 15.0. The van der Waals surface area contributed by atoms with Crippen LogP contribution in [0, 0.1) is 5.92 Å². The fraction of sp³-hybridized carbons (Fsp3) is 0.526. The van der Waals surface area contributed by atoms with Crippen LogP contribution in [-0.4, -0.2) is 33.3 Å². The highest BCUT2D eigenvalue weighted by atomic mass is 15.3. The van der Waals surface area contributed by atoms with Gasteiger partial charge >= 0.3 is 0 Å². The summed E-state index contributed by atoms with van der Waals surface area (Å²) < 4.78 is 2.08. The maximum Gasteiger partial charge on any atom is 0.191 e. The maximum atomic E-state index is 4.73. The Bertz CT molecular complexity index is 647. The van der Waals surface area contributed by atoms with E-state index in [0.717, 1.165) is 31.3 Å². The molecule has 2 aromatic rings. The summed E-state index contributed by atoms with van der Waals surface area (Å²) in [6, 6.07) is 10.6. The van der Waals surface area contributed by atoms with Crippen LogP contribution in [0.15, 0.2) is 41.7 Å². The fourth-order valence-electron chi connectivity index (χ4n) is 2.32. The van der Waals surface area contributed by atoms with Gasteiger partial charge in [0.2, 0.25) is 0 Å². The smallest absolute Gasteiger partial charge is 0.191 e. The monoisotopic (exact) mass is 342 g/mol. The first-order valence-electron chi connectivity index (χ1n) is 9.05. The molecule has 6 nitrogen and oxygen atoms in total. The van der Waals surface area contributed by atoms with Crippen molar-refractivity contribution in [3.8, 4) is 0 Å². The average molecular weight is 342 g/mol. The summed E-state index contributed by atoms with van der Waals surface area (Å²) in [4.78, 5) is 4.73. The van der Waals surface area contributed by atoms with Crippen LogP contribution in [-0.2, 0) is 19.5 Å². The van der Waals surface area contributed by atoms with E-state index in [1.165, 1.54) is 5.56 Å². The molecule has 2 rings (SSSR count). The van der Waals surface area contributed by atoms with Crippen LogP contribution < -0.4 is 10.6 Å². The van der Waals surface area contributed by atoms with Crippen molar-refractivity contribution in [2.24, 2.45) is 10.9 Å². The van der Waals surface area contributed by atoms with Crippen molar-refractivity contribution in [1.82, 2.24) is 25.4 Å². The zero-order valence-electron chi connectivity index (χ0n) is 15.7. The zero-order valence-corrected chi connectivity index (χ0v) is 15.7. The van der Waals surface area contributed by atoms with Gasteiger partial charge in [-0.15, -0.1) is 10.2 Å². The standard InChI is InChI=1S/C19H30N6/c1-5-18-24-22-14-25(18)12-11-20-19(23-16(4)15(2)3)21-13-17-9-7-6-8-10-17/h6-10,14-16H,5,11-13H2,1-4H3,(H2,20,21,23). The molecule has 1 aromatic carbocycles. The lowest BCUT2D eigenvalue weighted by atomic mass is 10.1. The van der Waals surface area contributed by atoms with Crippen molar-refractivity contribution in [3.05, 3.63) is 48.0 Å². The van der Waals surface area contributed by atoms with Gasteiger partial charge in [0.15, 0.2) is 5.96 Å². The Morgan fingerprint density at radius 2 is 1.96 bits per heavy atom. The number of aliphatic imine (C=N–C) groups is 1. The van der Waals surface area contributed by atoms with E-state index in [0.29, 0.717) is 18.5 Å². The highest BCUT2D eigenvalue weighted by molar-refractivity contribution is 5.80. The second-order valence-electron chi connectivity index (χ2n) is 6.55. The molecular weight excluding hydrogens is 312 g/mol. The molecule has 0 aliphatic carbocycles. The zero-order chi connectivity index (χ0) is 18.1. The second-order valence-corrected chi connectivity index (χ2v) is 6.55. The molecule has 6 heteroatoms. The number of rotatable bonds is 8. The van der Waals surface area contributed by atoms with E-state index >= 15 is 0 Å². The summed E-state index contributed by atoms with van der Waals surface area (Å²) >= 11 is 0. The predicted molar refractivity (Wildman–Crippen MR) is 102 cm³/mol. The van der Waals surface area contributed by atoms with Crippen LogP contribution in [0.2, 0.25) is 0 Å². The first-order valence-corrected chi connectivity index (χ1v) is 9.05. The maximum absolute atomic E-state index is 4.73. The molecular formula is C19H30N6. The molecule has 1 unspecified atom stereocenters. The first-order chi connectivity index (χ1) is 12.1. The summed E-state index contributed by atoms with van der Waals surface area (Å²) in [7, 11) is 0. The molecule has 0 saturated carbocycles. The number of benzene rings is 1. The summed E-state index contributed by atoms with van der Waals surface area (Å²) in [5.74, 6) is 2.39. The SMILES string of the molecule is CCc1nncn1CCNC(=NCc1ccccc1)NC(C)C(C)C. The molecule has 2 N–H and O–H groups in total. The molecule has 0 amide bonds. The van der Waals surface area contributed by atoms with Crippen molar-refractivity contribution in [2.45, 2.75) is 53.2 Å². The molecule has 0 radical (unpaired) electrons. The Hall–Kier alpha value is -2.37. The number of aromatic nitrogens is 3. The molecule has 0 spiro atoms. The molecule has 25 heavy (non-hydrogen) atoms. The van der Waals surface area contributed by atoms with Crippen molar-refractivity contribution >= 4 is 5.96 Å². The lowest BCUT2D eigenvalue weighted by Gasteiger charge is -2.21. The van der Waals surface area contributed by atoms with Crippen molar-refractivity contribution in [1.29, 1.82) is 0 Å². The summed E-state index contributed by atoms with van der Waals surface area (Å²) in [6.07, 6.45) is 2.67. The van der Waals surface area contributed by atoms with E-state index < -0.39 is 0 Å². The third-order valence-electron chi connectivity index (χ3n) is 4.28. The van der Waals surface area contributed by atoms with Crippen molar-refractivity contribution in [2.75, 3.05) is 6.54 Å². The van der Waals surface area contributed by atoms with Crippen LogP contribution in [0.1, 0.15) is 39.1 Å². The number of hydrogen-bond acceptors (Lipinski definition) is 3. The highest BCUT2D eigenvalue weighted by Gasteiger charge is 2.09. The summed E-state index contributed by atoms with van der Waals surface area (Å²) in [5.41, 5.74) is 1.20. The van der Waals surface area contributed by atoms with Gasteiger partial charge in [0, 0.05) is 25.6 Å². The van der Waals surface area contributed by atoms with Gasteiger partial charge in [-0.3, -0.25) is 0 Å². The van der Waals surface area contributed by atoms with Crippen LogP contribution in [0.3, 0.4) is 0 Å². The number of nitrogens with zero attached hydrogens (tertiary/aromatic N) is 4. The van der Waals surface area contributed by atoms with Crippen LogP contribution >= 0.6 is 0 Å². The molecule has 0 saturated heterocycles. The van der Waals surface area contributed by atoms with Gasteiger partial charge < -0.3 is 15.2 Å². The van der Waals surface area contributed by atoms with Crippen molar-refractivity contribution in [3.63, 3.8) is 0 Å². The van der Waals surface area contributed by atoms with E-state index in [9.17, 15) is 0 Å². The minimum Gasteiger partial charge on any atom is -0.355 e. The van der Waals surface area contributed by atoms with Crippen LogP contribution in [0.5, 0.6) is 0 Å². The van der Waals surface area contributed by atoms with E-state index in [1.807, 2.05) is 18.2 Å². The van der Waals surface area contributed by atoms with Gasteiger partial charge in [-0.2, -0.15) is 0 Å². The van der Waals surface area contributed by atoms with E-state index in [-0.39, 0.29) is 0 Å². The molecule has 0 fully saturated rings. The van der Waals surface area contributed by atoms with Gasteiger partial charge in [0.25, 0.3) is 0 Å². The molecule has 0 aliphatic heterocycles. The Morgan fingerprint density at radius 1 is 1.20 bits per heavy atom. The number of hydrogen-bond donors (Lipinski definition) is 2. The predicted octanol–water partition coefficient (Wildman–Crippen LogP) is 2.62. The number of guanidine groups is 1. The van der Waals surface area contributed by atoms with Gasteiger partial charge in [-0.05, 0) is 18.4 Å². The Labute approximate surface area is 150 Å². The Kier molecular flexibility index (Phi) is 7.44. The largest absolute Gasteiger partial charge is 0.355 e. The Morgan fingerprint density at radius 3 is 2.64 bits per heavy atom.